The number of anilines is 1. The summed E-state index contributed by atoms with van der Waals surface area (Å²) in [5.41, 5.74) is 3.21. The number of fused-ring (bicyclic) bond motifs is 1. The molecule has 4 aromatic rings. The summed E-state index contributed by atoms with van der Waals surface area (Å²) < 4.78 is 30.4. The van der Waals surface area contributed by atoms with E-state index in [1.807, 2.05) is 24.3 Å². The lowest BCUT2D eigenvalue weighted by Crippen LogP contribution is -2.38. The number of piperidine rings is 1. The van der Waals surface area contributed by atoms with Crippen LogP contribution in [0.25, 0.3) is 4.96 Å². The van der Waals surface area contributed by atoms with E-state index < -0.39 is 10.0 Å². The molecule has 1 aliphatic heterocycles. The van der Waals surface area contributed by atoms with E-state index in [4.69, 9.17) is 16.9 Å². The van der Waals surface area contributed by atoms with E-state index in [0.717, 1.165) is 12.8 Å². The van der Waals surface area contributed by atoms with Gasteiger partial charge in [-0.3, -0.25) is 13.9 Å². The normalized spacial score (nSPS) is 14.6. The molecule has 0 aliphatic carbocycles. The SMILES string of the molecule is Cc1ccc(C(=O)N2CCC(c3ccc(C#N)cc3)CC2)cc1NS(=O)(=O)c1c(Cl)nc2sccn12. The van der Waals surface area contributed by atoms with Crippen LogP contribution < -0.4 is 4.72 Å². The lowest BCUT2D eigenvalue weighted by atomic mass is 9.89. The molecule has 36 heavy (non-hydrogen) atoms. The number of imidazole rings is 1. The molecular formula is C25H22ClN5O3S2. The molecule has 1 amide bonds. The lowest BCUT2D eigenvalue weighted by Gasteiger charge is -2.32. The van der Waals surface area contributed by atoms with Crippen molar-refractivity contribution in [2.45, 2.75) is 30.7 Å². The van der Waals surface area contributed by atoms with E-state index in [1.165, 1.54) is 21.3 Å². The van der Waals surface area contributed by atoms with E-state index in [9.17, 15) is 13.2 Å². The number of amides is 1. The predicted molar refractivity (Wildman–Crippen MR) is 139 cm³/mol. The molecule has 0 atom stereocenters. The Morgan fingerprint density at radius 1 is 1.19 bits per heavy atom. The summed E-state index contributed by atoms with van der Waals surface area (Å²) in [4.78, 5) is 19.6. The van der Waals surface area contributed by atoms with Gasteiger partial charge in [-0.25, -0.2) is 4.98 Å². The van der Waals surface area contributed by atoms with E-state index in [-0.39, 0.29) is 16.1 Å². The van der Waals surface area contributed by atoms with E-state index in [1.54, 1.807) is 41.6 Å². The molecular weight excluding hydrogens is 518 g/mol. The fourth-order valence-corrected chi connectivity index (χ4v) is 7.04. The number of aromatic nitrogens is 2. The molecule has 1 fully saturated rings. The largest absolute Gasteiger partial charge is 0.339 e. The summed E-state index contributed by atoms with van der Waals surface area (Å²) in [5.74, 6) is 0.188. The van der Waals surface area contributed by atoms with Crippen LogP contribution in [0.15, 0.2) is 59.1 Å². The van der Waals surface area contributed by atoms with Crippen LogP contribution in [0, 0.1) is 18.3 Å². The van der Waals surface area contributed by atoms with E-state index in [0.29, 0.717) is 46.3 Å². The van der Waals surface area contributed by atoms with Crippen LogP contribution in [-0.4, -0.2) is 41.7 Å². The molecule has 11 heteroatoms. The second kappa shape index (κ2) is 9.58. The number of benzene rings is 2. The molecule has 0 unspecified atom stereocenters. The van der Waals surface area contributed by atoms with Crippen LogP contribution >= 0.6 is 22.9 Å². The van der Waals surface area contributed by atoms with Gasteiger partial charge in [-0.2, -0.15) is 13.7 Å². The average molecular weight is 540 g/mol. The highest BCUT2D eigenvalue weighted by atomic mass is 35.5. The van der Waals surface area contributed by atoms with Crippen molar-refractivity contribution in [2.75, 3.05) is 17.8 Å². The maximum Gasteiger partial charge on any atom is 0.281 e. The third-order valence-corrected chi connectivity index (χ3v) is 8.98. The number of halogens is 1. The summed E-state index contributed by atoms with van der Waals surface area (Å²) in [5, 5.41) is 10.5. The van der Waals surface area contributed by atoms with E-state index in [2.05, 4.69) is 15.8 Å². The molecule has 3 heterocycles. The molecule has 184 valence electrons. The Kier molecular flexibility index (Phi) is 6.47. The zero-order chi connectivity index (χ0) is 25.4. The quantitative estimate of drug-likeness (QED) is 0.382. The minimum atomic E-state index is -4.05. The molecule has 1 N–H and O–H groups in total. The van der Waals surface area contributed by atoms with Crippen molar-refractivity contribution in [2.24, 2.45) is 0 Å². The predicted octanol–water partition coefficient (Wildman–Crippen LogP) is 5.05. The van der Waals surface area contributed by atoms with Gasteiger partial charge in [0.1, 0.15) is 0 Å². The number of nitriles is 1. The third-order valence-electron chi connectivity index (χ3n) is 6.46. The molecule has 1 saturated heterocycles. The Balaban J connectivity index is 1.31. The first-order valence-electron chi connectivity index (χ1n) is 11.3. The van der Waals surface area contributed by atoms with Gasteiger partial charge in [0, 0.05) is 30.2 Å². The first kappa shape index (κ1) is 24.3. The highest BCUT2D eigenvalue weighted by Crippen LogP contribution is 2.31. The maximum absolute atomic E-state index is 13.3. The monoisotopic (exact) mass is 539 g/mol. The van der Waals surface area contributed by atoms with Crippen LogP contribution in [0.1, 0.15) is 45.8 Å². The summed E-state index contributed by atoms with van der Waals surface area (Å²) >= 11 is 7.42. The van der Waals surface area contributed by atoms with Gasteiger partial charge in [-0.1, -0.05) is 29.8 Å². The minimum Gasteiger partial charge on any atom is -0.339 e. The van der Waals surface area contributed by atoms with E-state index >= 15 is 0 Å². The topological polar surface area (TPSA) is 108 Å². The number of nitrogens with zero attached hydrogens (tertiary/aromatic N) is 4. The number of carbonyl (C=O) groups is 1. The number of sulfonamides is 1. The Labute approximate surface area is 217 Å². The first-order chi connectivity index (χ1) is 17.3. The van der Waals surface area contributed by atoms with Crippen LogP contribution in [0.5, 0.6) is 0 Å². The third kappa shape index (κ3) is 4.57. The Morgan fingerprint density at radius 2 is 1.92 bits per heavy atom. The number of nitrogens with one attached hydrogen (secondary N) is 1. The van der Waals surface area contributed by atoms with Gasteiger partial charge in [0.2, 0.25) is 0 Å². The van der Waals surface area contributed by atoms with Crippen molar-refractivity contribution in [3.05, 3.63) is 81.4 Å². The zero-order valence-electron chi connectivity index (χ0n) is 19.3. The highest BCUT2D eigenvalue weighted by Gasteiger charge is 2.28. The van der Waals surface area contributed by atoms with Crippen molar-refractivity contribution in [3.63, 3.8) is 0 Å². The molecule has 0 saturated carbocycles. The first-order valence-corrected chi connectivity index (χ1v) is 14.0. The smallest absolute Gasteiger partial charge is 0.281 e. The maximum atomic E-state index is 13.3. The summed E-state index contributed by atoms with van der Waals surface area (Å²) in [6.07, 6.45) is 3.24. The molecule has 0 bridgehead atoms. The van der Waals surface area contributed by atoms with Crippen LogP contribution in [0.2, 0.25) is 5.15 Å². The van der Waals surface area contributed by atoms with Gasteiger partial charge < -0.3 is 4.90 Å². The molecule has 8 nitrogen and oxygen atoms in total. The summed E-state index contributed by atoms with van der Waals surface area (Å²) in [7, 11) is -4.05. The van der Waals surface area contributed by atoms with Crippen molar-refractivity contribution in [1.82, 2.24) is 14.3 Å². The van der Waals surface area contributed by atoms with Crippen molar-refractivity contribution in [1.29, 1.82) is 5.26 Å². The average Bonchev–Trinajstić information content (AvgIpc) is 3.45. The van der Waals surface area contributed by atoms with Gasteiger partial charge in [-0.15, -0.1) is 11.3 Å². The number of carbonyl (C=O) groups excluding carboxylic acids is 1. The second-order valence-electron chi connectivity index (χ2n) is 8.70. The molecule has 2 aromatic carbocycles. The van der Waals surface area contributed by atoms with Gasteiger partial charge >= 0.3 is 0 Å². The number of hydrogen-bond acceptors (Lipinski definition) is 6. The highest BCUT2D eigenvalue weighted by molar-refractivity contribution is 7.92. The summed E-state index contributed by atoms with van der Waals surface area (Å²) in [6.45, 7) is 2.97. The second-order valence-corrected chi connectivity index (χ2v) is 11.5. The standard InChI is InChI=1S/C25H22ClN5O3S2/c1-16-2-5-20(14-21(16)29-36(33,34)24-22(26)28-25-31(24)12-13-35-25)23(32)30-10-8-19(9-11-30)18-6-3-17(15-27)4-7-18/h2-7,12-14,19,29H,8-11H2,1H3. The number of aryl methyl sites for hydroxylation is 1. The van der Waals surface area contributed by atoms with Crippen LogP contribution in [0.4, 0.5) is 5.69 Å². The number of thiazole rings is 1. The fraction of sp³-hybridized carbons (Fsp3) is 0.240. The number of hydrogen-bond donors (Lipinski definition) is 1. The molecule has 2 aromatic heterocycles. The molecule has 5 rings (SSSR count). The Bertz CT molecular complexity index is 1590. The lowest BCUT2D eigenvalue weighted by molar-refractivity contribution is 0.0713. The van der Waals surface area contributed by atoms with Crippen molar-refractivity contribution < 1.29 is 13.2 Å². The molecule has 0 radical (unpaired) electrons. The van der Waals surface area contributed by atoms with Crippen molar-refractivity contribution in [3.8, 4) is 6.07 Å². The van der Waals surface area contributed by atoms with Gasteiger partial charge in [0.05, 0.1) is 17.3 Å². The zero-order valence-corrected chi connectivity index (χ0v) is 21.7. The van der Waals surface area contributed by atoms with Crippen molar-refractivity contribution >= 4 is 49.5 Å². The molecule has 1 aliphatic rings. The Morgan fingerprint density at radius 3 is 2.61 bits per heavy atom. The summed E-state index contributed by atoms with van der Waals surface area (Å²) in [6, 6.07) is 14.8. The van der Waals surface area contributed by atoms with Crippen LogP contribution in [0.3, 0.4) is 0 Å². The molecule has 0 spiro atoms. The van der Waals surface area contributed by atoms with Gasteiger partial charge in [0.15, 0.2) is 15.1 Å². The van der Waals surface area contributed by atoms with Gasteiger partial charge in [0.25, 0.3) is 15.9 Å². The van der Waals surface area contributed by atoms with Gasteiger partial charge in [-0.05, 0) is 61.1 Å². The Hall–Kier alpha value is -3.39. The fourth-order valence-electron chi connectivity index (χ4n) is 4.47. The minimum absolute atomic E-state index is 0.107. The number of rotatable bonds is 5. The van der Waals surface area contributed by atoms with Crippen LogP contribution in [-0.2, 0) is 10.0 Å². The number of likely N-dealkylation sites (tertiary alicyclic amines) is 1.